The van der Waals surface area contributed by atoms with Gasteiger partial charge in [0, 0.05) is 13.2 Å². The summed E-state index contributed by atoms with van der Waals surface area (Å²) in [4.78, 5) is 13.6. The van der Waals surface area contributed by atoms with Crippen LogP contribution in [0.5, 0.6) is 0 Å². The second-order valence-electron chi connectivity index (χ2n) is 5.08. The third kappa shape index (κ3) is 5.04. The third-order valence-electron chi connectivity index (χ3n) is 3.00. The Bertz CT molecular complexity index is 231. The summed E-state index contributed by atoms with van der Waals surface area (Å²) in [7, 11) is 0. The molecule has 1 heterocycles. The zero-order chi connectivity index (χ0) is 12.7. The van der Waals surface area contributed by atoms with Gasteiger partial charge in [-0.05, 0) is 18.8 Å². The summed E-state index contributed by atoms with van der Waals surface area (Å²) in [5.74, 6) is 0.802. The predicted molar refractivity (Wildman–Crippen MR) is 68.7 cm³/mol. The van der Waals surface area contributed by atoms with E-state index in [-0.39, 0.29) is 12.1 Å². The van der Waals surface area contributed by atoms with Crippen molar-refractivity contribution in [1.82, 2.24) is 10.2 Å². The molecule has 1 unspecified atom stereocenters. The predicted octanol–water partition coefficient (Wildman–Crippen LogP) is 1.61. The second kappa shape index (κ2) is 7.67. The molecule has 1 fully saturated rings. The molecule has 0 aliphatic carbocycles. The molecule has 1 saturated heterocycles. The molecule has 1 amide bonds. The fourth-order valence-corrected chi connectivity index (χ4v) is 2.04. The smallest absolute Gasteiger partial charge is 0.237 e. The zero-order valence-corrected chi connectivity index (χ0v) is 11.4. The minimum atomic E-state index is 0.203. The molecule has 1 atom stereocenters. The lowest BCUT2D eigenvalue weighted by Gasteiger charge is -2.25. The van der Waals surface area contributed by atoms with E-state index in [0.717, 1.165) is 25.9 Å². The number of nitrogens with one attached hydrogen (secondary N) is 1. The van der Waals surface area contributed by atoms with E-state index >= 15 is 0 Å². The van der Waals surface area contributed by atoms with Gasteiger partial charge in [-0.3, -0.25) is 10.1 Å². The van der Waals surface area contributed by atoms with Gasteiger partial charge in [-0.15, -0.1) is 0 Å². The van der Waals surface area contributed by atoms with Crippen LogP contribution < -0.4 is 5.32 Å². The van der Waals surface area contributed by atoms with E-state index in [2.05, 4.69) is 26.1 Å². The number of carbonyl (C=O) groups is 1. The average Bonchev–Trinajstić information content (AvgIpc) is 2.60. The van der Waals surface area contributed by atoms with Crippen LogP contribution in [0.25, 0.3) is 0 Å². The summed E-state index contributed by atoms with van der Waals surface area (Å²) >= 11 is 0. The van der Waals surface area contributed by atoms with Crippen LogP contribution in [0.15, 0.2) is 0 Å². The molecule has 4 heteroatoms. The number of carbonyl (C=O) groups excluding carboxylic acids is 1. The van der Waals surface area contributed by atoms with Gasteiger partial charge in [0.1, 0.15) is 0 Å². The highest BCUT2D eigenvalue weighted by Gasteiger charge is 2.29. The van der Waals surface area contributed by atoms with Gasteiger partial charge in [0.05, 0.1) is 19.3 Å². The molecule has 0 aromatic heterocycles. The normalized spacial score (nSPS) is 20.6. The average molecular weight is 242 g/mol. The standard InChI is InChI=1S/C13H26N2O2/c1-4-5-7-17-8-6-15-12(9-11(2)3)14-10-13(15)16/h11-12,14H,4-10H2,1-3H3. The van der Waals surface area contributed by atoms with E-state index in [4.69, 9.17) is 4.74 Å². The SMILES string of the molecule is CCCCOCCN1C(=O)CNC1CC(C)C. The van der Waals surface area contributed by atoms with Crippen LogP contribution >= 0.6 is 0 Å². The van der Waals surface area contributed by atoms with Crippen molar-refractivity contribution in [2.45, 2.75) is 46.2 Å². The molecule has 0 bridgehead atoms. The van der Waals surface area contributed by atoms with Crippen molar-refractivity contribution < 1.29 is 9.53 Å². The van der Waals surface area contributed by atoms with Crippen LogP contribution in [0.2, 0.25) is 0 Å². The molecule has 0 spiro atoms. The Balaban J connectivity index is 2.25. The van der Waals surface area contributed by atoms with E-state index in [0.29, 0.717) is 25.6 Å². The summed E-state index contributed by atoms with van der Waals surface area (Å²) in [5.41, 5.74) is 0. The topological polar surface area (TPSA) is 41.6 Å². The van der Waals surface area contributed by atoms with Crippen LogP contribution in [-0.2, 0) is 9.53 Å². The second-order valence-corrected chi connectivity index (χ2v) is 5.08. The van der Waals surface area contributed by atoms with Crippen molar-refractivity contribution in [3.63, 3.8) is 0 Å². The van der Waals surface area contributed by atoms with Crippen molar-refractivity contribution >= 4 is 5.91 Å². The van der Waals surface area contributed by atoms with Crippen molar-refractivity contribution in [2.75, 3.05) is 26.3 Å². The highest BCUT2D eigenvalue weighted by atomic mass is 16.5. The molecule has 0 saturated carbocycles. The van der Waals surface area contributed by atoms with Gasteiger partial charge in [0.25, 0.3) is 0 Å². The molecule has 4 nitrogen and oxygen atoms in total. The van der Waals surface area contributed by atoms with E-state index in [1.54, 1.807) is 0 Å². The summed E-state index contributed by atoms with van der Waals surface area (Å²) < 4.78 is 5.52. The largest absolute Gasteiger partial charge is 0.380 e. The Morgan fingerprint density at radius 3 is 2.88 bits per heavy atom. The molecule has 100 valence electrons. The number of hydrogen-bond donors (Lipinski definition) is 1. The fourth-order valence-electron chi connectivity index (χ4n) is 2.04. The van der Waals surface area contributed by atoms with Crippen LogP contribution in [0.4, 0.5) is 0 Å². The quantitative estimate of drug-likeness (QED) is 0.657. The molecule has 1 aliphatic rings. The summed E-state index contributed by atoms with van der Waals surface area (Å²) in [6.45, 7) is 9.17. The van der Waals surface area contributed by atoms with Gasteiger partial charge >= 0.3 is 0 Å². The Labute approximate surface area is 105 Å². The van der Waals surface area contributed by atoms with Gasteiger partial charge < -0.3 is 9.64 Å². The first-order chi connectivity index (χ1) is 8.15. The number of unbranched alkanes of at least 4 members (excludes halogenated alkanes) is 1. The maximum atomic E-state index is 11.7. The van der Waals surface area contributed by atoms with Gasteiger partial charge in [-0.1, -0.05) is 27.2 Å². The summed E-state index contributed by atoms with van der Waals surface area (Å²) in [6.07, 6.45) is 3.47. The van der Waals surface area contributed by atoms with Gasteiger partial charge in [0.2, 0.25) is 5.91 Å². The summed E-state index contributed by atoms with van der Waals surface area (Å²) in [5, 5.41) is 3.26. The Hall–Kier alpha value is -0.610. The summed E-state index contributed by atoms with van der Waals surface area (Å²) in [6, 6.07) is 0. The minimum absolute atomic E-state index is 0.203. The van der Waals surface area contributed by atoms with Crippen LogP contribution in [0.3, 0.4) is 0 Å². The van der Waals surface area contributed by atoms with Crippen molar-refractivity contribution in [1.29, 1.82) is 0 Å². The Kier molecular flexibility index (Phi) is 6.52. The molecule has 1 aliphatic heterocycles. The lowest BCUT2D eigenvalue weighted by atomic mass is 10.1. The first-order valence-electron chi connectivity index (χ1n) is 6.75. The highest BCUT2D eigenvalue weighted by Crippen LogP contribution is 2.13. The van der Waals surface area contributed by atoms with Crippen molar-refractivity contribution in [2.24, 2.45) is 5.92 Å². The van der Waals surface area contributed by atoms with Crippen LogP contribution in [-0.4, -0.2) is 43.3 Å². The molecule has 0 radical (unpaired) electrons. The van der Waals surface area contributed by atoms with E-state index in [9.17, 15) is 4.79 Å². The molecule has 0 aromatic rings. The van der Waals surface area contributed by atoms with E-state index in [1.807, 2.05) is 4.90 Å². The molecular formula is C13H26N2O2. The first kappa shape index (κ1) is 14.5. The van der Waals surface area contributed by atoms with Gasteiger partial charge in [-0.25, -0.2) is 0 Å². The van der Waals surface area contributed by atoms with Crippen LogP contribution in [0, 0.1) is 5.92 Å². The number of nitrogens with zero attached hydrogens (tertiary/aromatic N) is 1. The third-order valence-corrected chi connectivity index (χ3v) is 3.00. The maximum absolute atomic E-state index is 11.7. The fraction of sp³-hybridized carbons (Fsp3) is 0.923. The number of hydrogen-bond acceptors (Lipinski definition) is 3. The lowest BCUT2D eigenvalue weighted by Crippen LogP contribution is -2.40. The molecular weight excluding hydrogens is 216 g/mol. The number of rotatable bonds is 8. The first-order valence-corrected chi connectivity index (χ1v) is 6.75. The minimum Gasteiger partial charge on any atom is -0.380 e. The van der Waals surface area contributed by atoms with Crippen molar-refractivity contribution in [3.05, 3.63) is 0 Å². The van der Waals surface area contributed by atoms with Crippen molar-refractivity contribution in [3.8, 4) is 0 Å². The van der Waals surface area contributed by atoms with Gasteiger partial charge in [0.15, 0.2) is 0 Å². The maximum Gasteiger partial charge on any atom is 0.237 e. The molecule has 17 heavy (non-hydrogen) atoms. The Morgan fingerprint density at radius 2 is 2.24 bits per heavy atom. The lowest BCUT2D eigenvalue weighted by molar-refractivity contribution is -0.128. The highest BCUT2D eigenvalue weighted by molar-refractivity contribution is 5.80. The van der Waals surface area contributed by atoms with Crippen LogP contribution in [0.1, 0.15) is 40.0 Å². The monoisotopic (exact) mass is 242 g/mol. The van der Waals surface area contributed by atoms with Gasteiger partial charge in [-0.2, -0.15) is 0 Å². The molecule has 1 N–H and O–H groups in total. The molecule has 1 rings (SSSR count). The molecule has 0 aromatic carbocycles. The zero-order valence-electron chi connectivity index (χ0n) is 11.4. The van der Waals surface area contributed by atoms with E-state index < -0.39 is 0 Å². The number of amides is 1. The Morgan fingerprint density at radius 1 is 1.47 bits per heavy atom. The number of ether oxygens (including phenoxy) is 1. The van der Waals surface area contributed by atoms with E-state index in [1.165, 1.54) is 0 Å².